The largest absolute Gasteiger partial charge is 0.497 e. The Morgan fingerprint density at radius 3 is 2.26 bits per heavy atom. The first-order valence-electron chi connectivity index (χ1n) is 15.6. The van der Waals surface area contributed by atoms with Crippen LogP contribution in [0.25, 0.3) is 0 Å². The molecule has 0 amide bonds. The predicted molar refractivity (Wildman–Crippen MR) is 171 cm³/mol. The molecule has 1 saturated heterocycles. The minimum absolute atomic E-state index is 0.171. The maximum absolute atomic E-state index is 6.57. The third kappa shape index (κ3) is 7.52. The second kappa shape index (κ2) is 13.7. The summed E-state index contributed by atoms with van der Waals surface area (Å²) in [6, 6.07) is 21.3. The van der Waals surface area contributed by atoms with Gasteiger partial charge in [-0.25, -0.2) is 0 Å². The van der Waals surface area contributed by atoms with Crippen molar-refractivity contribution in [2.75, 3.05) is 45.8 Å². The SMILES string of the molecule is COc1ccc(C2Cc3ccc(OC)cc3OC2(C)C)c(NC(C)Cc2ccc(OCCN3CCCCCC3)cc2)c1. The van der Waals surface area contributed by atoms with Gasteiger partial charge in [-0.05, 0) is 100 Å². The van der Waals surface area contributed by atoms with Crippen molar-refractivity contribution in [2.45, 2.75) is 76.9 Å². The van der Waals surface area contributed by atoms with Crippen molar-refractivity contribution in [1.82, 2.24) is 4.90 Å². The van der Waals surface area contributed by atoms with Gasteiger partial charge < -0.3 is 24.3 Å². The lowest BCUT2D eigenvalue weighted by Gasteiger charge is -2.41. The van der Waals surface area contributed by atoms with Gasteiger partial charge in [-0.3, -0.25) is 4.90 Å². The number of anilines is 1. The number of methoxy groups -OCH3 is 2. The lowest BCUT2D eigenvalue weighted by molar-refractivity contribution is 0.0613. The highest BCUT2D eigenvalue weighted by Gasteiger charge is 2.39. The van der Waals surface area contributed by atoms with E-state index in [9.17, 15) is 0 Å². The summed E-state index contributed by atoms with van der Waals surface area (Å²) in [6.45, 7) is 10.7. The Morgan fingerprint density at radius 2 is 1.55 bits per heavy atom. The van der Waals surface area contributed by atoms with Gasteiger partial charge in [-0.1, -0.05) is 37.1 Å². The number of ether oxygens (including phenoxy) is 4. The number of benzene rings is 3. The van der Waals surface area contributed by atoms with Crippen molar-refractivity contribution in [1.29, 1.82) is 0 Å². The molecule has 0 aliphatic carbocycles. The first-order valence-corrected chi connectivity index (χ1v) is 15.6. The van der Waals surface area contributed by atoms with Crippen LogP contribution < -0.4 is 24.3 Å². The highest BCUT2D eigenvalue weighted by atomic mass is 16.5. The Morgan fingerprint density at radius 1 is 0.881 bits per heavy atom. The zero-order chi connectivity index (χ0) is 29.5. The van der Waals surface area contributed by atoms with E-state index in [1.54, 1.807) is 14.2 Å². The summed E-state index contributed by atoms with van der Waals surface area (Å²) in [5.74, 6) is 3.68. The fraction of sp³-hybridized carbons (Fsp3) is 0.500. The molecule has 0 aromatic heterocycles. The Balaban J connectivity index is 1.23. The molecule has 2 aliphatic heterocycles. The van der Waals surface area contributed by atoms with E-state index in [-0.39, 0.29) is 12.0 Å². The Hall–Kier alpha value is -3.38. The molecule has 0 spiro atoms. The summed E-state index contributed by atoms with van der Waals surface area (Å²) in [5, 5.41) is 3.81. The molecule has 0 saturated carbocycles. The molecule has 2 heterocycles. The topological polar surface area (TPSA) is 52.2 Å². The van der Waals surface area contributed by atoms with Crippen LogP contribution in [0.4, 0.5) is 5.69 Å². The van der Waals surface area contributed by atoms with Crippen LogP contribution in [0.15, 0.2) is 60.7 Å². The summed E-state index contributed by atoms with van der Waals surface area (Å²) in [4.78, 5) is 2.54. The molecular weight excluding hydrogens is 524 g/mol. The predicted octanol–water partition coefficient (Wildman–Crippen LogP) is 7.50. The number of fused-ring (bicyclic) bond motifs is 1. The number of rotatable bonds is 11. The van der Waals surface area contributed by atoms with Gasteiger partial charge in [0.15, 0.2) is 0 Å². The van der Waals surface area contributed by atoms with Crippen LogP contribution in [0.1, 0.15) is 69.1 Å². The molecule has 2 atom stereocenters. The van der Waals surface area contributed by atoms with Crippen LogP contribution in [0.3, 0.4) is 0 Å². The lowest BCUT2D eigenvalue weighted by atomic mass is 9.77. The summed E-state index contributed by atoms with van der Waals surface area (Å²) in [7, 11) is 3.41. The van der Waals surface area contributed by atoms with Crippen molar-refractivity contribution in [3.63, 3.8) is 0 Å². The van der Waals surface area contributed by atoms with Crippen LogP contribution in [-0.2, 0) is 12.8 Å². The van der Waals surface area contributed by atoms with Crippen molar-refractivity contribution in [3.8, 4) is 23.0 Å². The lowest BCUT2D eigenvalue weighted by Crippen LogP contribution is -2.41. The first-order chi connectivity index (χ1) is 20.3. The molecule has 2 aliphatic rings. The van der Waals surface area contributed by atoms with Crippen LogP contribution in [0.2, 0.25) is 0 Å². The minimum atomic E-state index is -0.392. The van der Waals surface area contributed by atoms with E-state index in [0.29, 0.717) is 0 Å². The fourth-order valence-electron chi connectivity index (χ4n) is 6.37. The van der Waals surface area contributed by atoms with E-state index in [1.807, 2.05) is 12.1 Å². The normalized spacial score (nSPS) is 19.1. The van der Waals surface area contributed by atoms with Crippen molar-refractivity contribution in [2.24, 2.45) is 0 Å². The molecule has 1 fully saturated rings. The van der Waals surface area contributed by atoms with Crippen molar-refractivity contribution >= 4 is 5.69 Å². The van der Waals surface area contributed by atoms with Crippen molar-refractivity contribution < 1.29 is 18.9 Å². The number of nitrogens with one attached hydrogen (secondary N) is 1. The monoisotopic (exact) mass is 572 g/mol. The second-order valence-corrected chi connectivity index (χ2v) is 12.4. The highest BCUT2D eigenvalue weighted by Crippen LogP contribution is 2.46. The number of hydrogen-bond donors (Lipinski definition) is 1. The minimum Gasteiger partial charge on any atom is -0.497 e. The van der Waals surface area contributed by atoms with E-state index in [1.165, 1.54) is 55.5 Å². The number of likely N-dealkylation sites (tertiary alicyclic amines) is 1. The molecule has 3 aromatic rings. The van der Waals surface area contributed by atoms with E-state index >= 15 is 0 Å². The van der Waals surface area contributed by atoms with Gasteiger partial charge in [0.05, 0.1) is 14.2 Å². The number of nitrogens with zero attached hydrogens (tertiary/aromatic N) is 1. The standard InChI is InChI=1S/C36H48N2O4/c1-26(22-27-10-13-29(14-11-27)41-21-20-38-18-8-6-7-9-19-38)37-34-24-30(39-4)16-17-32(34)33-23-28-12-15-31(40-5)25-35(28)42-36(33,2)3/h10-17,24-26,33,37H,6-9,18-23H2,1-5H3. The molecule has 0 bridgehead atoms. The summed E-state index contributed by atoms with van der Waals surface area (Å²) in [6.07, 6.45) is 7.15. The van der Waals surface area contributed by atoms with E-state index in [0.717, 1.165) is 54.7 Å². The van der Waals surface area contributed by atoms with E-state index in [2.05, 4.69) is 79.5 Å². The average molecular weight is 573 g/mol. The second-order valence-electron chi connectivity index (χ2n) is 12.4. The van der Waals surface area contributed by atoms with Gasteiger partial charge >= 0.3 is 0 Å². The Bertz CT molecular complexity index is 1300. The molecule has 3 aromatic carbocycles. The van der Waals surface area contributed by atoms with E-state index < -0.39 is 5.60 Å². The van der Waals surface area contributed by atoms with Gasteiger partial charge in [0.2, 0.25) is 0 Å². The van der Waals surface area contributed by atoms with Gasteiger partial charge in [-0.15, -0.1) is 0 Å². The molecule has 42 heavy (non-hydrogen) atoms. The van der Waals surface area contributed by atoms with Crippen LogP contribution >= 0.6 is 0 Å². The Labute approximate surface area is 252 Å². The molecular formula is C36H48N2O4. The molecule has 226 valence electrons. The quantitative estimate of drug-likeness (QED) is 0.257. The van der Waals surface area contributed by atoms with E-state index in [4.69, 9.17) is 18.9 Å². The molecule has 6 heteroatoms. The van der Waals surface area contributed by atoms with Gasteiger partial charge in [0.1, 0.15) is 35.2 Å². The zero-order valence-corrected chi connectivity index (χ0v) is 26.1. The third-order valence-corrected chi connectivity index (χ3v) is 8.79. The zero-order valence-electron chi connectivity index (χ0n) is 26.1. The maximum atomic E-state index is 6.57. The first kappa shape index (κ1) is 30.1. The average Bonchev–Trinajstić information content (AvgIpc) is 3.26. The molecule has 5 rings (SSSR count). The molecule has 2 unspecified atom stereocenters. The fourth-order valence-corrected chi connectivity index (χ4v) is 6.37. The highest BCUT2D eigenvalue weighted by molar-refractivity contribution is 5.59. The van der Waals surface area contributed by atoms with Gasteiger partial charge in [0.25, 0.3) is 0 Å². The summed E-state index contributed by atoms with van der Waals surface area (Å²) in [5.41, 5.74) is 4.42. The third-order valence-electron chi connectivity index (χ3n) is 8.79. The smallest absolute Gasteiger partial charge is 0.127 e. The number of hydrogen-bond acceptors (Lipinski definition) is 6. The van der Waals surface area contributed by atoms with Crippen molar-refractivity contribution in [3.05, 3.63) is 77.4 Å². The summed E-state index contributed by atoms with van der Waals surface area (Å²) < 4.78 is 23.7. The molecule has 0 radical (unpaired) electrons. The van der Waals surface area contributed by atoms with Gasteiger partial charge in [0, 0.05) is 36.3 Å². The Kier molecular flexibility index (Phi) is 9.84. The maximum Gasteiger partial charge on any atom is 0.127 e. The molecule has 1 N–H and O–H groups in total. The molecule has 6 nitrogen and oxygen atoms in total. The van der Waals surface area contributed by atoms with Crippen LogP contribution in [0, 0.1) is 0 Å². The van der Waals surface area contributed by atoms with Crippen LogP contribution in [0.5, 0.6) is 23.0 Å². The summed E-state index contributed by atoms with van der Waals surface area (Å²) >= 11 is 0. The van der Waals surface area contributed by atoms with Gasteiger partial charge in [-0.2, -0.15) is 0 Å². The van der Waals surface area contributed by atoms with Crippen LogP contribution in [-0.4, -0.2) is 57.0 Å².